The van der Waals surface area contributed by atoms with E-state index in [1.807, 2.05) is 18.2 Å². The van der Waals surface area contributed by atoms with Crippen molar-refractivity contribution < 1.29 is 4.74 Å². The van der Waals surface area contributed by atoms with Crippen molar-refractivity contribution >= 4 is 33.2 Å². The molecule has 0 radical (unpaired) electrons. The lowest BCUT2D eigenvalue weighted by Gasteiger charge is -2.21. The first-order valence-corrected chi connectivity index (χ1v) is 8.26. The van der Waals surface area contributed by atoms with Gasteiger partial charge in [0.25, 0.3) is 0 Å². The molecule has 0 aromatic heterocycles. The molecule has 0 aliphatic carbocycles. The molecule has 1 unspecified atom stereocenters. The van der Waals surface area contributed by atoms with Gasteiger partial charge in [0.1, 0.15) is 5.75 Å². The number of ether oxygens (including phenoxy) is 1. The molecule has 21 heavy (non-hydrogen) atoms. The zero-order valence-corrected chi connectivity index (χ0v) is 14.2. The van der Waals surface area contributed by atoms with E-state index in [0.29, 0.717) is 0 Å². The van der Waals surface area contributed by atoms with Gasteiger partial charge in [0.2, 0.25) is 0 Å². The molecule has 4 heteroatoms. The molecule has 0 saturated carbocycles. The molecule has 110 valence electrons. The van der Waals surface area contributed by atoms with Gasteiger partial charge < -0.3 is 10.1 Å². The molecule has 1 heterocycles. The quantitative estimate of drug-likeness (QED) is 0.732. The molecular weight excluding hydrogens is 350 g/mol. The Morgan fingerprint density at radius 1 is 1.29 bits per heavy atom. The van der Waals surface area contributed by atoms with Crippen LogP contribution in [0.1, 0.15) is 30.0 Å². The van der Waals surface area contributed by atoms with Crippen LogP contribution in [0.2, 0.25) is 5.02 Å². The maximum atomic E-state index is 6.01. The van der Waals surface area contributed by atoms with E-state index in [9.17, 15) is 0 Å². The first-order chi connectivity index (χ1) is 10.1. The summed E-state index contributed by atoms with van der Waals surface area (Å²) in [5.41, 5.74) is 3.48. The Morgan fingerprint density at radius 2 is 2.14 bits per heavy atom. The van der Waals surface area contributed by atoms with Crippen LogP contribution in [-0.2, 0) is 0 Å². The minimum atomic E-state index is 0.250. The predicted molar refractivity (Wildman–Crippen MR) is 91.4 cm³/mol. The molecule has 0 fully saturated rings. The van der Waals surface area contributed by atoms with E-state index >= 15 is 0 Å². The molecule has 1 atom stereocenters. The SMILES string of the molecule is Cc1cccc2c1OCCCC2Nc1ccc(Cl)cc1Br. The molecule has 1 aliphatic heterocycles. The average molecular weight is 367 g/mol. The highest BCUT2D eigenvalue weighted by molar-refractivity contribution is 9.10. The van der Waals surface area contributed by atoms with Crippen molar-refractivity contribution in [3.05, 3.63) is 57.0 Å². The second kappa shape index (κ2) is 6.29. The van der Waals surface area contributed by atoms with Gasteiger partial charge in [-0.2, -0.15) is 0 Å². The van der Waals surface area contributed by atoms with Crippen LogP contribution in [0.15, 0.2) is 40.9 Å². The van der Waals surface area contributed by atoms with Crippen LogP contribution in [0.4, 0.5) is 5.69 Å². The third-order valence-electron chi connectivity index (χ3n) is 3.76. The Kier molecular flexibility index (Phi) is 4.41. The van der Waals surface area contributed by atoms with Crippen LogP contribution in [0.5, 0.6) is 5.75 Å². The van der Waals surface area contributed by atoms with Crippen LogP contribution >= 0.6 is 27.5 Å². The molecule has 2 aromatic rings. The number of halogens is 2. The summed E-state index contributed by atoms with van der Waals surface area (Å²) in [5.74, 6) is 1.03. The van der Waals surface area contributed by atoms with Crippen molar-refractivity contribution in [1.82, 2.24) is 0 Å². The zero-order chi connectivity index (χ0) is 14.8. The van der Waals surface area contributed by atoms with E-state index in [-0.39, 0.29) is 6.04 Å². The van der Waals surface area contributed by atoms with Gasteiger partial charge in [0, 0.05) is 20.7 Å². The molecule has 2 nitrogen and oxygen atoms in total. The van der Waals surface area contributed by atoms with E-state index in [4.69, 9.17) is 16.3 Å². The lowest BCUT2D eigenvalue weighted by Crippen LogP contribution is -2.10. The Balaban J connectivity index is 1.94. The van der Waals surface area contributed by atoms with Gasteiger partial charge in [-0.1, -0.05) is 29.8 Å². The van der Waals surface area contributed by atoms with Gasteiger partial charge in [0.15, 0.2) is 0 Å². The molecule has 1 N–H and O–H groups in total. The van der Waals surface area contributed by atoms with E-state index in [0.717, 1.165) is 40.4 Å². The van der Waals surface area contributed by atoms with Crippen molar-refractivity contribution in [2.45, 2.75) is 25.8 Å². The summed E-state index contributed by atoms with van der Waals surface area (Å²) in [7, 11) is 0. The third-order valence-corrected chi connectivity index (χ3v) is 4.65. The number of nitrogens with one attached hydrogen (secondary N) is 1. The van der Waals surface area contributed by atoms with Gasteiger partial charge in [-0.05, 0) is 59.5 Å². The van der Waals surface area contributed by atoms with E-state index in [1.54, 1.807) is 0 Å². The van der Waals surface area contributed by atoms with Gasteiger partial charge in [-0.3, -0.25) is 0 Å². The van der Waals surface area contributed by atoms with E-state index < -0.39 is 0 Å². The van der Waals surface area contributed by atoms with E-state index in [1.165, 1.54) is 11.1 Å². The lowest BCUT2D eigenvalue weighted by atomic mass is 9.99. The van der Waals surface area contributed by atoms with Crippen molar-refractivity contribution in [1.29, 1.82) is 0 Å². The average Bonchev–Trinajstić information content (AvgIpc) is 2.66. The first kappa shape index (κ1) is 14.7. The fourth-order valence-corrected chi connectivity index (χ4v) is 3.51. The highest BCUT2D eigenvalue weighted by Crippen LogP contribution is 2.37. The van der Waals surface area contributed by atoms with Gasteiger partial charge in [-0.15, -0.1) is 0 Å². The van der Waals surface area contributed by atoms with Gasteiger partial charge >= 0.3 is 0 Å². The number of hydrogen-bond donors (Lipinski definition) is 1. The maximum Gasteiger partial charge on any atom is 0.127 e. The van der Waals surface area contributed by atoms with Crippen LogP contribution in [0, 0.1) is 6.92 Å². The van der Waals surface area contributed by atoms with Gasteiger partial charge in [0.05, 0.1) is 12.6 Å². The zero-order valence-electron chi connectivity index (χ0n) is 11.8. The molecule has 1 aliphatic rings. The number of rotatable bonds is 2. The number of para-hydroxylation sites is 1. The minimum Gasteiger partial charge on any atom is -0.493 e. The summed E-state index contributed by atoms with van der Waals surface area (Å²) in [4.78, 5) is 0. The summed E-state index contributed by atoms with van der Waals surface area (Å²) in [5, 5.41) is 4.34. The summed E-state index contributed by atoms with van der Waals surface area (Å²) >= 11 is 9.58. The first-order valence-electron chi connectivity index (χ1n) is 7.09. The molecule has 0 saturated heterocycles. The van der Waals surface area contributed by atoms with Crippen LogP contribution in [-0.4, -0.2) is 6.61 Å². The van der Waals surface area contributed by atoms with Crippen LogP contribution < -0.4 is 10.1 Å². The van der Waals surface area contributed by atoms with Crippen molar-refractivity contribution in [2.24, 2.45) is 0 Å². The monoisotopic (exact) mass is 365 g/mol. The Hall–Kier alpha value is -1.19. The Labute approximate surface area is 138 Å². The predicted octanol–water partition coefficient (Wildman–Crippen LogP) is 5.74. The second-order valence-electron chi connectivity index (χ2n) is 5.31. The fourth-order valence-electron chi connectivity index (χ4n) is 2.71. The molecule has 0 spiro atoms. The van der Waals surface area contributed by atoms with Gasteiger partial charge in [-0.25, -0.2) is 0 Å². The molecule has 0 bridgehead atoms. The molecule has 3 rings (SSSR count). The fraction of sp³-hybridized carbons (Fsp3) is 0.294. The number of hydrogen-bond acceptors (Lipinski definition) is 2. The maximum absolute atomic E-state index is 6.01. The number of anilines is 1. The number of aryl methyl sites for hydroxylation is 1. The molecule has 0 amide bonds. The standard InChI is InChI=1S/C17H17BrClNO/c1-11-4-2-5-13-15(6-3-9-21-17(11)13)20-16-8-7-12(19)10-14(16)18/h2,4-5,7-8,10,15,20H,3,6,9H2,1H3. The van der Waals surface area contributed by atoms with Crippen molar-refractivity contribution in [3.63, 3.8) is 0 Å². The lowest BCUT2D eigenvalue weighted by molar-refractivity contribution is 0.314. The summed E-state index contributed by atoms with van der Waals surface area (Å²) in [6.07, 6.45) is 2.09. The third kappa shape index (κ3) is 3.19. The molecule has 2 aromatic carbocycles. The summed E-state index contributed by atoms with van der Waals surface area (Å²) < 4.78 is 6.90. The largest absolute Gasteiger partial charge is 0.493 e. The second-order valence-corrected chi connectivity index (χ2v) is 6.60. The summed E-state index contributed by atoms with van der Waals surface area (Å²) in [6.45, 7) is 2.87. The summed E-state index contributed by atoms with van der Waals surface area (Å²) in [6, 6.07) is 12.4. The smallest absolute Gasteiger partial charge is 0.127 e. The Bertz CT molecular complexity index is 659. The van der Waals surface area contributed by atoms with Crippen molar-refractivity contribution in [2.75, 3.05) is 11.9 Å². The van der Waals surface area contributed by atoms with Crippen molar-refractivity contribution in [3.8, 4) is 5.75 Å². The highest BCUT2D eigenvalue weighted by Gasteiger charge is 2.21. The van der Waals surface area contributed by atoms with E-state index in [2.05, 4.69) is 46.4 Å². The molecular formula is C17H17BrClNO. The highest BCUT2D eigenvalue weighted by atomic mass is 79.9. The normalized spacial score (nSPS) is 17.6. The topological polar surface area (TPSA) is 21.3 Å². The Morgan fingerprint density at radius 3 is 2.95 bits per heavy atom. The number of fused-ring (bicyclic) bond motifs is 1. The van der Waals surface area contributed by atoms with Crippen LogP contribution in [0.3, 0.4) is 0 Å². The van der Waals surface area contributed by atoms with Crippen LogP contribution in [0.25, 0.3) is 0 Å². The minimum absolute atomic E-state index is 0.250. The number of benzene rings is 2.